The highest BCUT2D eigenvalue weighted by molar-refractivity contribution is 6.31. The molecule has 1 atom stereocenters. The van der Waals surface area contributed by atoms with Crippen molar-refractivity contribution in [2.75, 3.05) is 7.11 Å². The zero-order valence-corrected chi connectivity index (χ0v) is 12.6. The Morgan fingerprint density at radius 3 is 2.50 bits per heavy atom. The van der Waals surface area contributed by atoms with Gasteiger partial charge in [0, 0.05) is 24.1 Å². The summed E-state index contributed by atoms with van der Waals surface area (Å²) in [6.07, 6.45) is 5.50. The van der Waals surface area contributed by atoms with Gasteiger partial charge in [-0.3, -0.25) is 0 Å². The molecule has 1 fully saturated rings. The van der Waals surface area contributed by atoms with E-state index in [-0.39, 0.29) is 12.2 Å². The summed E-state index contributed by atoms with van der Waals surface area (Å²) in [5, 5.41) is 11.0. The lowest BCUT2D eigenvalue weighted by Gasteiger charge is -2.36. The highest BCUT2D eigenvalue weighted by Gasteiger charge is 2.38. The quantitative estimate of drug-likeness (QED) is 0.848. The van der Waals surface area contributed by atoms with Crippen LogP contribution in [-0.4, -0.2) is 23.9 Å². The normalized spacial score (nSPS) is 20.4. The Morgan fingerprint density at radius 1 is 1.30 bits per heavy atom. The van der Waals surface area contributed by atoms with Gasteiger partial charge < -0.3 is 9.84 Å². The molecule has 2 nitrogen and oxygen atoms in total. The van der Waals surface area contributed by atoms with Crippen molar-refractivity contribution in [2.45, 2.75) is 56.7 Å². The molecule has 0 aliphatic heterocycles. The van der Waals surface area contributed by atoms with Gasteiger partial charge in [0.25, 0.3) is 0 Å². The molecule has 0 bridgehead atoms. The molecule has 0 saturated heterocycles. The number of rotatable bonds is 4. The first kappa shape index (κ1) is 15.7. The summed E-state index contributed by atoms with van der Waals surface area (Å²) in [7, 11) is 1.64. The highest BCUT2D eigenvalue weighted by atomic mass is 35.5. The molecule has 1 unspecified atom stereocenters. The van der Waals surface area contributed by atoms with Crippen LogP contribution >= 0.6 is 11.6 Å². The maximum atomic E-state index is 13.9. The molecule has 112 valence electrons. The van der Waals surface area contributed by atoms with Crippen LogP contribution in [0.2, 0.25) is 5.02 Å². The van der Waals surface area contributed by atoms with Gasteiger partial charge in [0.05, 0.1) is 11.7 Å². The number of hydrogen-bond donors (Lipinski definition) is 1. The lowest BCUT2D eigenvalue weighted by Crippen LogP contribution is -2.45. The third-order valence-corrected chi connectivity index (χ3v) is 4.78. The minimum absolute atomic E-state index is 0.194. The molecular weight excluding hydrogens is 279 g/mol. The van der Waals surface area contributed by atoms with Crippen molar-refractivity contribution in [2.24, 2.45) is 0 Å². The van der Waals surface area contributed by atoms with Crippen molar-refractivity contribution in [3.8, 4) is 0 Å². The summed E-state index contributed by atoms with van der Waals surface area (Å²) in [6.45, 7) is 0. The first-order valence-electron chi connectivity index (χ1n) is 7.25. The van der Waals surface area contributed by atoms with Crippen molar-refractivity contribution < 1.29 is 14.2 Å². The van der Waals surface area contributed by atoms with Crippen LogP contribution in [0.4, 0.5) is 4.39 Å². The smallest absolute Gasteiger partial charge is 0.127 e. The van der Waals surface area contributed by atoms with Crippen LogP contribution in [0, 0.1) is 5.82 Å². The fraction of sp³-hybridized carbons (Fsp3) is 0.625. The predicted molar refractivity (Wildman–Crippen MR) is 78.6 cm³/mol. The molecule has 1 aromatic carbocycles. The van der Waals surface area contributed by atoms with Crippen LogP contribution in [0.5, 0.6) is 0 Å². The van der Waals surface area contributed by atoms with E-state index in [0.717, 1.165) is 38.5 Å². The highest BCUT2D eigenvalue weighted by Crippen LogP contribution is 2.35. The molecule has 1 aromatic rings. The molecule has 2 rings (SSSR count). The van der Waals surface area contributed by atoms with E-state index in [1.165, 1.54) is 6.07 Å². The standard InChI is InChI=1S/C16H22ClFO2/c1-20-16(9-4-2-3-5-10-16)15(19)11-12-13(17)7-6-8-14(12)18/h6-8,15,19H,2-5,9-11H2,1H3. The van der Waals surface area contributed by atoms with E-state index in [0.29, 0.717) is 10.6 Å². The van der Waals surface area contributed by atoms with Gasteiger partial charge in [-0.25, -0.2) is 4.39 Å². The third-order valence-electron chi connectivity index (χ3n) is 4.42. The van der Waals surface area contributed by atoms with Crippen LogP contribution in [0.25, 0.3) is 0 Å². The molecule has 0 amide bonds. The number of halogens is 2. The Balaban J connectivity index is 2.18. The number of aliphatic hydroxyl groups excluding tert-OH is 1. The molecule has 20 heavy (non-hydrogen) atoms. The van der Waals surface area contributed by atoms with E-state index in [4.69, 9.17) is 16.3 Å². The van der Waals surface area contributed by atoms with Crippen molar-refractivity contribution in [1.29, 1.82) is 0 Å². The Kier molecular flexibility index (Phi) is 5.42. The molecule has 1 saturated carbocycles. The van der Waals surface area contributed by atoms with Crippen molar-refractivity contribution >= 4 is 11.6 Å². The maximum absolute atomic E-state index is 13.9. The number of methoxy groups -OCH3 is 1. The van der Waals surface area contributed by atoms with Gasteiger partial charge in [0.2, 0.25) is 0 Å². The van der Waals surface area contributed by atoms with Gasteiger partial charge in [-0.05, 0) is 25.0 Å². The maximum Gasteiger partial charge on any atom is 0.127 e. The largest absolute Gasteiger partial charge is 0.390 e. The second-order valence-corrected chi connectivity index (χ2v) is 6.01. The van der Waals surface area contributed by atoms with Crippen LogP contribution in [0.15, 0.2) is 18.2 Å². The van der Waals surface area contributed by atoms with Gasteiger partial charge in [0.1, 0.15) is 5.82 Å². The summed E-state index contributed by atoms with van der Waals surface area (Å²) >= 11 is 6.04. The molecule has 1 aliphatic carbocycles. The second kappa shape index (κ2) is 6.88. The fourth-order valence-electron chi connectivity index (χ4n) is 3.11. The summed E-state index contributed by atoms with van der Waals surface area (Å²) < 4.78 is 19.5. The fourth-order valence-corrected chi connectivity index (χ4v) is 3.35. The van der Waals surface area contributed by atoms with E-state index in [2.05, 4.69) is 0 Å². The Hall–Kier alpha value is -0.640. The molecule has 0 heterocycles. The first-order chi connectivity index (χ1) is 9.59. The minimum Gasteiger partial charge on any atom is -0.390 e. The topological polar surface area (TPSA) is 29.5 Å². The SMILES string of the molecule is COC1(C(O)Cc2c(F)cccc2Cl)CCCCCC1. The van der Waals surface area contributed by atoms with Crippen LogP contribution in [-0.2, 0) is 11.2 Å². The van der Waals surface area contributed by atoms with E-state index in [9.17, 15) is 9.50 Å². The van der Waals surface area contributed by atoms with Crippen molar-refractivity contribution in [1.82, 2.24) is 0 Å². The van der Waals surface area contributed by atoms with E-state index >= 15 is 0 Å². The average molecular weight is 301 g/mol. The van der Waals surface area contributed by atoms with Crippen LogP contribution < -0.4 is 0 Å². The number of benzene rings is 1. The van der Waals surface area contributed by atoms with Crippen molar-refractivity contribution in [3.05, 3.63) is 34.6 Å². The van der Waals surface area contributed by atoms with Gasteiger partial charge in [-0.15, -0.1) is 0 Å². The molecule has 1 aliphatic rings. The lowest BCUT2D eigenvalue weighted by atomic mass is 9.84. The third kappa shape index (κ3) is 3.33. The second-order valence-electron chi connectivity index (χ2n) is 5.60. The van der Waals surface area contributed by atoms with Crippen molar-refractivity contribution in [3.63, 3.8) is 0 Å². The predicted octanol–water partition coefficient (Wildman–Crippen LogP) is 4.12. The van der Waals surface area contributed by atoms with E-state index in [1.807, 2.05) is 0 Å². The van der Waals surface area contributed by atoms with Gasteiger partial charge in [0.15, 0.2) is 0 Å². The average Bonchev–Trinajstić information content (AvgIpc) is 2.69. The van der Waals surface area contributed by atoms with Gasteiger partial charge in [-0.1, -0.05) is 43.4 Å². The molecular formula is C16H22ClFO2. The Bertz CT molecular complexity index is 422. The number of ether oxygens (including phenoxy) is 1. The number of aliphatic hydroxyl groups is 1. The Labute approximate surface area is 124 Å². The Morgan fingerprint density at radius 2 is 1.95 bits per heavy atom. The summed E-state index contributed by atoms with van der Waals surface area (Å²) in [4.78, 5) is 0. The van der Waals surface area contributed by atoms with E-state index < -0.39 is 11.7 Å². The monoisotopic (exact) mass is 300 g/mol. The zero-order chi connectivity index (χ0) is 14.6. The summed E-state index contributed by atoms with van der Waals surface area (Å²) in [5.41, 5.74) is -0.190. The summed E-state index contributed by atoms with van der Waals surface area (Å²) in [6, 6.07) is 4.60. The lowest BCUT2D eigenvalue weighted by molar-refractivity contribution is -0.111. The first-order valence-corrected chi connectivity index (χ1v) is 7.63. The van der Waals surface area contributed by atoms with Gasteiger partial charge >= 0.3 is 0 Å². The number of hydrogen-bond acceptors (Lipinski definition) is 2. The molecule has 0 radical (unpaired) electrons. The van der Waals surface area contributed by atoms with Crippen LogP contribution in [0.1, 0.15) is 44.1 Å². The van der Waals surface area contributed by atoms with E-state index in [1.54, 1.807) is 19.2 Å². The summed E-state index contributed by atoms with van der Waals surface area (Å²) in [5.74, 6) is -0.364. The molecule has 0 aromatic heterocycles. The van der Waals surface area contributed by atoms with Gasteiger partial charge in [-0.2, -0.15) is 0 Å². The zero-order valence-electron chi connectivity index (χ0n) is 11.9. The minimum atomic E-state index is -0.736. The van der Waals surface area contributed by atoms with Crippen LogP contribution in [0.3, 0.4) is 0 Å². The molecule has 4 heteroatoms. The molecule has 0 spiro atoms. The molecule has 1 N–H and O–H groups in total.